The average Bonchev–Trinajstić information content (AvgIpc) is 2.90. The third kappa shape index (κ3) is 7.07. The van der Waals surface area contributed by atoms with Crippen LogP contribution >= 0.6 is 0 Å². The molecule has 1 heterocycles. The van der Waals surface area contributed by atoms with Gasteiger partial charge >= 0.3 is 11.2 Å². The third-order valence-electron chi connectivity index (χ3n) is 5.21. The number of benzene rings is 2. The van der Waals surface area contributed by atoms with E-state index in [1.54, 1.807) is 30.3 Å². The molecule has 0 fully saturated rings. The number of aromatic carboxylic acids is 1. The fourth-order valence-corrected chi connectivity index (χ4v) is 4.30. The minimum absolute atomic E-state index is 0.0387. The number of amides is 2. The number of carbonyl (C=O) groups is 3. The molecular weight excluding hydrogens is 514 g/mol. The van der Waals surface area contributed by atoms with Crippen LogP contribution < -0.4 is 20.1 Å². The number of pyridine rings is 1. The van der Waals surface area contributed by atoms with Gasteiger partial charge in [-0.3, -0.25) is 9.59 Å². The van der Waals surface area contributed by atoms with Crippen LogP contribution in [0.2, 0.25) is 0 Å². The molecule has 0 aliphatic rings. The van der Waals surface area contributed by atoms with E-state index in [0.29, 0.717) is 43.2 Å². The van der Waals surface area contributed by atoms with Crippen molar-refractivity contribution in [3.8, 4) is 11.5 Å². The minimum atomic E-state index is -4.35. The number of ether oxygens (including phenoxy) is 2. The quantitative estimate of drug-likeness (QED) is 0.330. The summed E-state index contributed by atoms with van der Waals surface area (Å²) in [4.78, 5) is 39.2. The summed E-state index contributed by atoms with van der Waals surface area (Å²) in [5.41, 5.74) is 0.959. The normalized spacial score (nSPS) is 10.9. The van der Waals surface area contributed by atoms with Crippen molar-refractivity contribution in [1.29, 1.82) is 0 Å². The number of rotatable bonds is 11. The number of aromatic nitrogens is 1. The van der Waals surface area contributed by atoms with E-state index in [1.165, 1.54) is 18.2 Å². The Hall–Kier alpha value is -4.45. The Kier molecular flexibility index (Phi) is 9.39. The second-order valence-corrected chi connectivity index (χ2v) is 9.68. The van der Waals surface area contributed by atoms with Gasteiger partial charge in [0.15, 0.2) is 11.5 Å². The smallest absolute Gasteiger partial charge is 0.354 e. The number of nitrogens with zero attached hydrogens (tertiary/aromatic N) is 1. The zero-order valence-electron chi connectivity index (χ0n) is 20.8. The van der Waals surface area contributed by atoms with Gasteiger partial charge in [-0.2, -0.15) is 0 Å². The standard InChI is InChI=1S/C26H27N3O8S/c1-3-36-22-12-7-18(15-23(22)37-4-2)24(30)27-14-13-17-5-9-20(10-6-17)38(34,35)26(33)29-19-8-11-21(25(31)32)28-16-19/h5-12,15-16H,3-4,13-14H2,1-2H3,(H,27,30)(H,29,33)(H,31,32). The first-order chi connectivity index (χ1) is 18.1. The van der Waals surface area contributed by atoms with Crippen molar-refractivity contribution >= 4 is 32.6 Å². The maximum absolute atomic E-state index is 12.6. The van der Waals surface area contributed by atoms with E-state index in [9.17, 15) is 22.8 Å². The van der Waals surface area contributed by atoms with E-state index in [-0.39, 0.29) is 22.2 Å². The predicted octanol–water partition coefficient (Wildman–Crippen LogP) is 3.56. The summed E-state index contributed by atoms with van der Waals surface area (Å²) >= 11 is 0. The summed E-state index contributed by atoms with van der Waals surface area (Å²) in [5.74, 6) is -0.503. The number of sulfone groups is 1. The van der Waals surface area contributed by atoms with Crippen LogP contribution in [0.1, 0.15) is 40.3 Å². The first kappa shape index (κ1) is 28.1. The Balaban J connectivity index is 1.57. The van der Waals surface area contributed by atoms with Crippen molar-refractivity contribution in [3.63, 3.8) is 0 Å². The summed E-state index contributed by atoms with van der Waals surface area (Å²) in [6.07, 6.45) is 1.48. The molecule has 38 heavy (non-hydrogen) atoms. The van der Waals surface area contributed by atoms with Gasteiger partial charge in [0, 0.05) is 12.1 Å². The molecule has 200 valence electrons. The Morgan fingerprint density at radius 3 is 2.21 bits per heavy atom. The molecule has 2 aromatic carbocycles. The van der Waals surface area contributed by atoms with E-state index in [0.717, 1.165) is 17.8 Å². The Bertz CT molecular complexity index is 1410. The highest BCUT2D eigenvalue weighted by Crippen LogP contribution is 2.28. The van der Waals surface area contributed by atoms with Gasteiger partial charge in [-0.15, -0.1) is 0 Å². The summed E-state index contributed by atoms with van der Waals surface area (Å²) in [6, 6.07) is 13.0. The van der Waals surface area contributed by atoms with Crippen LogP contribution in [0.25, 0.3) is 0 Å². The summed E-state index contributed by atoms with van der Waals surface area (Å²) in [7, 11) is -4.35. The number of carboxylic acid groups (broad SMARTS) is 1. The third-order valence-corrected chi connectivity index (χ3v) is 6.69. The van der Waals surface area contributed by atoms with Crippen molar-refractivity contribution < 1.29 is 37.4 Å². The molecular formula is C26H27N3O8S. The molecule has 0 unspecified atom stereocenters. The zero-order chi connectivity index (χ0) is 27.7. The molecule has 0 aliphatic carbocycles. The van der Waals surface area contributed by atoms with Crippen LogP contribution in [0.3, 0.4) is 0 Å². The lowest BCUT2D eigenvalue weighted by Crippen LogP contribution is -2.25. The molecule has 3 rings (SSSR count). The van der Waals surface area contributed by atoms with Crippen LogP contribution in [0.5, 0.6) is 11.5 Å². The van der Waals surface area contributed by atoms with Crippen LogP contribution in [0.15, 0.2) is 65.7 Å². The SMILES string of the molecule is CCOc1ccc(C(=O)NCCc2ccc(S(=O)(=O)C(=O)Nc3ccc(C(=O)O)nc3)cc2)cc1OCC. The van der Waals surface area contributed by atoms with Crippen LogP contribution in [-0.2, 0) is 16.3 Å². The van der Waals surface area contributed by atoms with Gasteiger partial charge in [0.25, 0.3) is 15.7 Å². The van der Waals surface area contributed by atoms with Crippen LogP contribution in [0.4, 0.5) is 10.5 Å². The maximum atomic E-state index is 12.6. The van der Waals surface area contributed by atoms with Crippen LogP contribution in [0, 0.1) is 0 Å². The molecule has 11 nitrogen and oxygen atoms in total. The van der Waals surface area contributed by atoms with Crippen molar-refractivity contribution in [1.82, 2.24) is 10.3 Å². The lowest BCUT2D eigenvalue weighted by Gasteiger charge is -2.12. The predicted molar refractivity (Wildman–Crippen MR) is 139 cm³/mol. The fourth-order valence-electron chi connectivity index (χ4n) is 3.34. The Morgan fingerprint density at radius 2 is 1.61 bits per heavy atom. The van der Waals surface area contributed by atoms with E-state index in [1.807, 2.05) is 13.8 Å². The zero-order valence-corrected chi connectivity index (χ0v) is 21.6. The molecule has 2 amide bonds. The van der Waals surface area contributed by atoms with Gasteiger partial charge in [0.2, 0.25) is 0 Å². The number of nitrogens with one attached hydrogen (secondary N) is 2. The first-order valence-corrected chi connectivity index (χ1v) is 13.2. The average molecular weight is 542 g/mol. The highest BCUT2D eigenvalue weighted by molar-refractivity contribution is 8.06. The second kappa shape index (κ2) is 12.7. The van der Waals surface area contributed by atoms with Crippen molar-refractivity contribution in [2.45, 2.75) is 25.2 Å². The lowest BCUT2D eigenvalue weighted by atomic mass is 10.1. The molecule has 12 heteroatoms. The first-order valence-electron chi connectivity index (χ1n) is 11.7. The Labute approximate surface area is 219 Å². The molecule has 0 spiro atoms. The molecule has 3 aromatic rings. The molecule has 0 bridgehead atoms. The summed E-state index contributed by atoms with van der Waals surface area (Å²) < 4.78 is 36.3. The Morgan fingerprint density at radius 1 is 0.921 bits per heavy atom. The maximum Gasteiger partial charge on any atom is 0.354 e. The van der Waals surface area contributed by atoms with Gasteiger partial charge in [0.05, 0.1) is 30.0 Å². The summed E-state index contributed by atoms with van der Waals surface area (Å²) in [5, 5.41) is 12.6. The monoisotopic (exact) mass is 541 g/mol. The van der Waals surface area contributed by atoms with Gasteiger partial charge in [-0.05, 0) is 68.3 Å². The van der Waals surface area contributed by atoms with Crippen molar-refractivity contribution in [2.24, 2.45) is 0 Å². The fraction of sp³-hybridized carbons (Fsp3) is 0.231. The molecule has 3 N–H and O–H groups in total. The minimum Gasteiger partial charge on any atom is -0.490 e. The molecule has 0 aliphatic heterocycles. The summed E-state index contributed by atoms with van der Waals surface area (Å²) in [6.45, 7) is 4.88. The number of carboxylic acids is 1. The highest BCUT2D eigenvalue weighted by atomic mass is 32.2. The molecule has 0 atom stereocenters. The number of carbonyl (C=O) groups excluding carboxylic acids is 2. The van der Waals surface area contributed by atoms with Gasteiger partial charge in [0.1, 0.15) is 5.69 Å². The van der Waals surface area contributed by atoms with Crippen LogP contribution in [-0.4, -0.2) is 55.4 Å². The van der Waals surface area contributed by atoms with Gasteiger partial charge in [-0.25, -0.2) is 18.2 Å². The highest BCUT2D eigenvalue weighted by Gasteiger charge is 2.25. The molecule has 0 radical (unpaired) electrons. The second-order valence-electron chi connectivity index (χ2n) is 7.83. The van der Waals surface area contributed by atoms with Gasteiger partial charge < -0.3 is 25.2 Å². The number of hydrogen-bond acceptors (Lipinski definition) is 8. The van der Waals surface area contributed by atoms with E-state index in [2.05, 4.69) is 15.6 Å². The van der Waals surface area contributed by atoms with Crippen molar-refractivity contribution in [3.05, 3.63) is 77.6 Å². The number of anilines is 1. The molecule has 0 saturated heterocycles. The topological polar surface area (TPSA) is 161 Å². The largest absolute Gasteiger partial charge is 0.490 e. The lowest BCUT2D eigenvalue weighted by molar-refractivity contribution is 0.0690. The van der Waals surface area contributed by atoms with E-state index in [4.69, 9.17) is 14.6 Å². The number of hydrogen-bond donors (Lipinski definition) is 3. The molecule has 1 aromatic heterocycles. The van der Waals surface area contributed by atoms with E-state index >= 15 is 0 Å². The van der Waals surface area contributed by atoms with E-state index < -0.39 is 21.0 Å². The van der Waals surface area contributed by atoms with Gasteiger partial charge in [-0.1, -0.05) is 12.1 Å². The van der Waals surface area contributed by atoms with Crippen molar-refractivity contribution in [2.75, 3.05) is 25.1 Å². The molecule has 0 saturated carbocycles.